The molecule has 0 unspecified atom stereocenters. The fraction of sp³-hybridized carbons (Fsp3) is 0.167. The average Bonchev–Trinajstić information content (AvgIpc) is 3.15. The lowest BCUT2D eigenvalue weighted by molar-refractivity contribution is -0.115. The summed E-state index contributed by atoms with van der Waals surface area (Å²) in [5.41, 5.74) is 5.42. The molecule has 1 aliphatic carbocycles. The zero-order valence-corrected chi connectivity index (χ0v) is 18.1. The third kappa shape index (κ3) is 4.67. The minimum absolute atomic E-state index is 0.105. The number of rotatable bonds is 6. The largest absolute Gasteiger partial charge is 0.497 e. The Kier molecular flexibility index (Phi) is 5.61. The molecule has 0 saturated heterocycles. The quantitative estimate of drug-likeness (QED) is 0.631. The Morgan fingerprint density at radius 1 is 1.13 bits per heavy atom. The number of fused-ring (bicyclic) bond motifs is 1. The third-order valence-electron chi connectivity index (χ3n) is 5.15. The van der Waals surface area contributed by atoms with Gasteiger partial charge in [-0.2, -0.15) is 0 Å². The maximum absolute atomic E-state index is 12.5. The van der Waals surface area contributed by atoms with Gasteiger partial charge in [-0.25, -0.2) is 8.42 Å². The Hall–Kier alpha value is -3.45. The molecule has 1 N–H and O–H groups in total. The molecule has 0 bridgehead atoms. The highest BCUT2D eigenvalue weighted by atomic mass is 32.2. The second-order valence-electron chi connectivity index (χ2n) is 7.45. The van der Waals surface area contributed by atoms with Crippen molar-refractivity contribution in [1.82, 2.24) is 4.98 Å². The van der Waals surface area contributed by atoms with Gasteiger partial charge in [-0.05, 0) is 41.5 Å². The number of carbonyl (C=O) groups excluding carboxylic acids is 1. The van der Waals surface area contributed by atoms with Crippen LogP contribution >= 0.6 is 0 Å². The Bertz CT molecular complexity index is 1280. The number of methoxy groups -OCH3 is 1. The van der Waals surface area contributed by atoms with Crippen LogP contribution in [0.15, 0.2) is 71.3 Å². The number of nitrogens with zero attached hydrogens (tertiary/aromatic N) is 1. The second kappa shape index (κ2) is 8.35. The molecule has 0 spiro atoms. The van der Waals surface area contributed by atoms with Crippen molar-refractivity contribution in [1.29, 1.82) is 0 Å². The first-order valence-electron chi connectivity index (χ1n) is 9.75. The smallest absolute Gasteiger partial charge is 0.228 e. The first-order valence-corrected chi connectivity index (χ1v) is 11.6. The number of hydrogen-bond acceptors (Lipinski definition) is 5. The molecule has 2 aromatic carbocycles. The highest BCUT2D eigenvalue weighted by Crippen LogP contribution is 2.34. The van der Waals surface area contributed by atoms with E-state index in [9.17, 15) is 13.2 Å². The number of anilines is 1. The number of pyridine rings is 1. The van der Waals surface area contributed by atoms with Gasteiger partial charge in [0.2, 0.25) is 5.91 Å². The molecule has 31 heavy (non-hydrogen) atoms. The summed E-state index contributed by atoms with van der Waals surface area (Å²) in [6.45, 7) is 0. The maximum Gasteiger partial charge on any atom is 0.228 e. The molecule has 3 aromatic rings. The molecular weight excluding hydrogens is 412 g/mol. The number of hydrogen-bond donors (Lipinski definition) is 1. The Morgan fingerprint density at radius 2 is 1.90 bits per heavy atom. The summed E-state index contributed by atoms with van der Waals surface area (Å²) < 4.78 is 28.6. The number of amides is 1. The van der Waals surface area contributed by atoms with Crippen molar-refractivity contribution >= 4 is 27.5 Å². The van der Waals surface area contributed by atoms with Crippen LogP contribution in [0.25, 0.3) is 17.2 Å². The lowest BCUT2D eigenvalue weighted by atomic mass is 10.0. The zero-order valence-electron chi connectivity index (χ0n) is 17.3. The molecule has 0 saturated carbocycles. The van der Waals surface area contributed by atoms with Gasteiger partial charge in [0, 0.05) is 42.6 Å². The van der Waals surface area contributed by atoms with Crippen molar-refractivity contribution in [3.05, 3.63) is 77.6 Å². The molecule has 1 aliphatic rings. The number of benzene rings is 2. The Balaban J connectivity index is 1.53. The lowest BCUT2D eigenvalue weighted by Crippen LogP contribution is -2.12. The van der Waals surface area contributed by atoms with Crippen LogP contribution in [0.5, 0.6) is 5.75 Å². The van der Waals surface area contributed by atoms with E-state index in [0.29, 0.717) is 17.9 Å². The van der Waals surface area contributed by atoms with Gasteiger partial charge in [-0.15, -0.1) is 0 Å². The van der Waals surface area contributed by atoms with Crippen molar-refractivity contribution in [2.45, 2.75) is 17.7 Å². The highest BCUT2D eigenvalue weighted by molar-refractivity contribution is 7.90. The fourth-order valence-electron chi connectivity index (χ4n) is 3.65. The van der Waals surface area contributed by atoms with Crippen molar-refractivity contribution in [3.63, 3.8) is 0 Å². The minimum Gasteiger partial charge on any atom is -0.497 e. The molecule has 6 nitrogen and oxygen atoms in total. The monoisotopic (exact) mass is 434 g/mol. The predicted molar refractivity (Wildman–Crippen MR) is 121 cm³/mol. The van der Waals surface area contributed by atoms with E-state index in [0.717, 1.165) is 28.0 Å². The average molecular weight is 435 g/mol. The molecule has 1 aromatic heterocycles. The number of aromatic nitrogens is 1. The molecule has 0 radical (unpaired) electrons. The van der Waals surface area contributed by atoms with Crippen LogP contribution < -0.4 is 10.1 Å². The summed E-state index contributed by atoms with van der Waals surface area (Å²) in [5, 5.41) is 2.90. The molecule has 1 heterocycles. The highest BCUT2D eigenvalue weighted by Gasteiger charge is 2.20. The van der Waals surface area contributed by atoms with Gasteiger partial charge < -0.3 is 10.1 Å². The molecule has 0 atom stereocenters. The summed E-state index contributed by atoms with van der Waals surface area (Å²) in [4.78, 5) is 17.3. The van der Waals surface area contributed by atoms with Crippen LogP contribution in [-0.4, -0.2) is 32.7 Å². The third-order valence-corrected chi connectivity index (χ3v) is 6.28. The molecule has 0 aliphatic heterocycles. The SMILES string of the molecule is COc1cccc(NC(=O)CC2=Cc3c(-c4ccc(S(C)(=O)=O)cc4)ccnc3C2)c1. The molecule has 7 heteroatoms. The number of ether oxygens (including phenoxy) is 1. The molecule has 0 fully saturated rings. The van der Waals surface area contributed by atoms with Crippen LogP contribution in [0, 0.1) is 0 Å². The van der Waals surface area contributed by atoms with Crippen molar-refractivity contribution in [2.24, 2.45) is 0 Å². The van der Waals surface area contributed by atoms with E-state index < -0.39 is 9.84 Å². The number of sulfone groups is 1. The normalized spacial score (nSPS) is 12.8. The summed E-state index contributed by atoms with van der Waals surface area (Å²) >= 11 is 0. The van der Waals surface area contributed by atoms with E-state index >= 15 is 0 Å². The summed E-state index contributed by atoms with van der Waals surface area (Å²) in [6.07, 6.45) is 5.81. The van der Waals surface area contributed by atoms with Crippen LogP contribution in [0.2, 0.25) is 0 Å². The van der Waals surface area contributed by atoms with Gasteiger partial charge in [-0.3, -0.25) is 9.78 Å². The van der Waals surface area contributed by atoms with Gasteiger partial charge >= 0.3 is 0 Å². The lowest BCUT2D eigenvalue weighted by Gasteiger charge is -2.08. The summed E-state index contributed by atoms with van der Waals surface area (Å²) in [6, 6.07) is 16.0. The number of carbonyl (C=O) groups is 1. The van der Waals surface area contributed by atoms with E-state index in [4.69, 9.17) is 4.74 Å². The fourth-order valence-corrected chi connectivity index (χ4v) is 4.28. The summed E-state index contributed by atoms with van der Waals surface area (Å²) in [7, 11) is -1.66. The Morgan fingerprint density at radius 3 is 2.61 bits per heavy atom. The van der Waals surface area contributed by atoms with Gasteiger partial charge in [0.25, 0.3) is 0 Å². The first kappa shape index (κ1) is 20.8. The predicted octanol–water partition coefficient (Wildman–Crippen LogP) is 4.13. The van der Waals surface area contributed by atoms with E-state index in [1.807, 2.05) is 30.3 Å². The van der Waals surface area contributed by atoms with E-state index in [1.54, 1.807) is 43.6 Å². The van der Waals surface area contributed by atoms with Crippen molar-refractivity contribution < 1.29 is 17.9 Å². The standard InChI is InChI=1S/C24H22N2O4S/c1-30-19-5-3-4-18(15-19)26-24(27)14-16-12-22-21(10-11-25-23(22)13-16)17-6-8-20(9-7-17)31(2,28)29/h3-12,15H,13-14H2,1-2H3,(H,26,27). The summed E-state index contributed by atoms with van der Waals surface area (Å²) in [5.74, 6) is 0.576. The van der Waals surface area contributed by atoms with E-state index in [2.05, 4.69) is 10.3 Å². The van der Waals surface area contributed by atoms with Crippen LogP contribution in [-0.2, 0) is 21.1 Å². The molecule has 4 rings (SSSR count). The topological polar surface area (TPSA) is 85.4 Å². The first-order chi connectivity index (χ1) is 14.8. The van der Waals surface area contributed by atoms with E-state index in [1.165, 1.54) is 6.26 Å². The minimum atomic E-state index is -3.24. The molecule has 158 valence electrons. The van der Waals surface area contributed by atoms with Crippen LogP contribution in [0.3, 0.4) is 0 Å². The molecular formula is C24H22N2O4S. The van der Waals surface area contributed by atoms with Gasteiger partial charge in [0.1, 0.15) is 5.75 Å². The molecule has 1 amide bonds. The van der Waals surface area contributed by atoms with Crippen LogP contribution in [0.1, 0.15) is 17.7 Å². The second-order valence-corrected chi connectivity index (χ2v) is 9.47. The maximum atomic E-state index is 12.5. The van der Waals surface area contributed by atoms with Crippen molar-refractivity contribution in [3.8, 4) is 16.9 Å². The number of nitrogens with one attached hydrogen (secondary N) is 1. The van der Waals surface area contributed by atoms with E-state index in [-0.39, 0.29) is 17.2 Å². The van der Waals surface area contributed by atoms with Gasteiger partial charge in [-0.1, -0.05) is 29.8 Å². The Labute approximate surface area is 181 Å². The van der Waals surface area contributed by atoms with Gasteiger partial charge in [0.05, 0.1) is 17.7 Å². The van der Waals surface area contributed by atoms with Crippen LogP contribution in [0.4, 0.5) is 5.69 Å². The van der Waals surface area contributed by atoms with Gasteiger partial charge in [0.15, 0.2) is 9.84 Å². The zero-order chi connectivity index (χ0) is 22.0. The van der Waals surface area contributed by atoms with Crippen molar-refractivity contribution in [2.75, 3.05) is 18.7 Å².